The van der Waals surface area contributed by atoms with E-state index in [2.05, 4.69) is 65.0 Å². The fourth-order valence-electron chi connectivity index (χ4n) is 11.5. The molecule has 10 unspecified atom stereocenters. The Balaban J connectivity index is 1.48. The maximum Gasteiger partial charge on any atom is 0.145 e. The SMILES string of the molecule is C=C(C=CC=C(COCCO)C1CCC2(C1O)C1C(=C(C)C=O)C(C=CC1CCO)CC2(O)CCNC)C1CC=C(C)C(O)NC(CCNC)(CCOC)Cc2cccc(c2)C1. The first-order valence-electron chi connectivity index (χ1n) is 22.9. The van der Waals surface area contributed by atoms with Crippen LogP contribution in [0.15, 0.2) is 95.2 Å². The molecule has 10 atom stereocenters. The van der Waals surface area contributed by atoms with Crippen molar-refractivity contribution in [2.75, 3.05) is 67.3 Å². The summed E-state index contributed by atoms with van der Waals surface area (Å²) in [5.41, 5.74) is 4.06. The fraction of sp³-hybridized carbons (Fsp3) is 0.627. The van der Waals surface area contributed by atoms with Gasteiger partial charge >= 0.3 is 0 Å². The summed E-state index contributed by atoms with van der Waals surface area (Å²) in [4.78, 5) is 12.4. The fourth-order valence-corrected chi connectivity index (χ4v) is 11.5. The monoisotopic (exact) mass is 860 g/mol. The Morgan fingerprint density at radius 3 is 2.52 bits per heavy atom. The zero-order chi connectivity index (χ0) is 44.9. The predicted molar refractivity (Wildman–Crippen MR) is 246 cm³/mol. The first-order chi connectivity index (χ1) is 29.9. The second-order valence-electron chi connectivity index (χ2n) is 18.6. The van der Waals surface area contributed by atoms with E-state index in [1.54, 1.807) is 7.11 Å². The zero-order valence-electron chi connectivity index (χ0n) is 38.1. The Hall–Kier alpha value is -3.07. The van der Waals surface area contributed by atoms with Crippen molar-refractivity contribution in [2.45, 2.75) is 102 Å². The van der Waals surface area contributed by atoms with E-state index in [1.807, 2.05) is 46.2 Å². The average Bonchev–Trinajstić information content (AvgIpc) is 3.61. The lowest BCUT2D eigenvalue weighted by Crippen LogP contribution is -2.65. The van der Waals surface area contributed by atoms with Gasteiger partial charge in [0.15, 0.2) is 0 Å². The molecular formula is C51H77N3O8. The van der Waals surface area contributed by atoms with Gasteiger partial charge in [0.05, 0.1) is 31.5 Å². The van der Waals surface area contributed by atoms with Crippen molar-refractivity contribution in [3.8, 4) is 0 Å². The third-order valence-electron chi connectivity index (χ3n) is 14.8. The van der Waals surface area contributed by atoms with Crippen LogP contribution in [0.1, 0.15) is 76.3 Å². The molecule has 2 saturated carbocycles. The van der Waals surface area contributed by atoms with Gasteiger partial charge in [0, 0.05) is 43.1 Å². The summed E-state index contributed by atoms with van der Waals surface area (Å²) in [6.07, 6.45) is 17.6. The quantitative estimate of drug-likeness (QED) is 0.0295. The molecule has 62 heavy (non-hydrogen) atoms. The van der Waals surface area contributed by atoms with Gasteiger partial charge in [0.1, 0.15) is 12.5 Å². The molecule has 11 nitrogen and oxygen atoms in total. The van der Waals surface area contributed by atoms with E-state index in [4.69, 9.17) is 9.47 Å². The molecule has 2 fully saturated rings. The van der Waals surface area contributed by atoms with Crippen LogP contribution < -0.4 is 16.0 Å². The van der Waals surface area contributed by atoms with Crippen LogP contribution in [0.3, 0.4) is 0 Å². The lowest BCUT2D eigenvalue weighted by atomic mass is 9.45. The number of aldehydes is 1. The number of allylic oxidation sites excluding steroid dienone is 9. The van der Waals surface area contributed by atoms with Crippen LogP contribution in [0.5, 0.6) is 0 Å². The third kappa shape index (κ3) is 11.2. The number of aliphatic hydroxyl groups excluding tert-OH is 4. The second kappa shape index (κ2) is 23.2. The van der Waals surface area contributed by atoms with Gasteiger partial charge < -0.3 is 45.6 Å². The van der Waals surface area contributed by atoms with Crippen LogP contribution in [0.2, 0.25) is 0 Å². The van der Waals surface area contributed by atoms with Gasteiger partial charge in [-0.3, -0.25) is 10.1 Å². The smallest absolute Gasteiger partial charge is 0.145 e. The molecule has 0 radical (unpaired) electrons. The number of rotatable bonds is 20. The number of fused-ring (bicyclic) bond motifs is 5. The van der Waals surface area contributed by atoms with Crippen molar-refractivity contribution in [1.29, 1.82) is 0 Å². The number of hydrogen-bond donors (Lipinski definition) is 8. The van der Waals surface area contributed by atoms with Gasteiger partial charge in [-0.2, -0.15) is 0 Å². The van der Waals surface area contributed by atoms with Crippen LogP contribution in [0.25, 0.3) is 0 Å². The first kappa shape index (κ1) is 49.9. The number of carbonyl (C=O) groups excluding carboxylic acids is 1. The van der Waals surface area contributed by atoms with Gasteiger partial charge in [0.25, 0.3) is 0 Å². The van der Waals surface area contributed by atoms with Crippen molar-refractivity contribution in [2.24, 2.45) is 35.0 Å². The van der Waals surface area contributed by atoms with Gasteiger partial charge in [-0.25, -0.2) is 0 Å². The molecule has 4 aliphatic rings. The molecule has 1 heterocycles. The standard InChI is InChI=1S/C51H77N3O8/c1-35(41-14-13-36(2)48(59)54-49(20-23-52-4,22-27-61-6)31-39-11-8-10-38(29-39)30-41)9-7-12-43(34-62-28-26-56)44-17-19-51(47(44)58)46-40(18-25-55)15-16-42(45(46)37(3)33-57)32-50(51,60)21-24-53-5/h7-13,15-16,29,33,40-42,44,46-48,52-56,58-60H,1,14,17-28,30-32,34H2,2-6H3. The van der Waals surface area contributed by atoms with E-state index in [0.29, 0.717) is 57.2 Å². The second-order valence-corrected chi connectivity index (χ2v) is 18.6. The average molecular weight is 860 g/mol. The van der Waals surface area contributed by atoms with Gasteiger partial charge in [-0.05, 0) is 151 Å². The highest BCUT2D eigenvalue weighted by Crippen LogP contribution is 2.67. The number of nitrogens with one attached hydrogen (secondary N) is 3. The summed E-state index contributed by atoms with van der Waals surface area (Å²) < 4.78 is 11.5. The van der Waals surface area contributed by atoms with Gasteiger partial charge in [-0.15, -0.1) is 0 Å². The van der Waals surface area contributed by atoms with E-state index >= 15 is 0 Å². The van der Waals surface area contributed by atoms with Crippen molar-refractivity contribution < 1.29 is 39.8 Å². The molecular weight excluding hydrogens is 783 g/mol. The maximum atomic E-state index is 12.9. The molecule has 3 aliphatic carbocycles. The zero-order valence-corrected chi connectivity index (χ0v) is 38.1. The van der Waals surface area contributed by atoms with E-state index in [9.17, 15) is 30.3 Å². The van der Waals surface area contributed by atoms with Crippen LogP contribution in [-0.2, 0) is 27.1 Å². The van der Waals surface area contributed by atoms with E-state index in [0.717, 1.165) is 60.8 Å². The van der Waals surface area contributed by atoms with Crippen LogP contribution in [0.4, 0.5) is 0 Å². The Morgan fingerprint density at radius 2 is 1.81 bits per heavy atom. The van der Waals surface area contributed by atoms with E-state index in [1.165, 1.54) is 11.1 Å². The lowest BCUT2D eigenvalue weighted by molar-refractivity contribution is -0.194. The first-order valence-corrected chi connectivity index (χ1v) is 22.9. The number of benzene rings is 1. The summed E-state index contributed by atoms with van der Waals surface area (Å²) in [7, 11) is 5.53. The van der Waals surface area contributed by atoms with Crippen molar-refractivity contribution in [3.05, 3.63) is 106 Å². The summed E-state index contributed by atoms with van der Waals surface area (Å²) in [6, 6.07) is 8.73. The van der Waals surface area contributed by atoms with Gasteiger partial charge in [0.2, 0.25) is 0 Å². The molecule has 4 bridgehead atoms. The third-order valence-corrected chi connectivity index (χ3v) is 14.8. The van der Waals surface area contributed by atoms with E-state index < -0.39 is 23.3 Å². The highest BCUT2D eigenvalue weighted by Gasteiger charge is 2.68. The Bertz CT molecular complexity index is 1800. The Morgan fingerprint density at radius 1 is 1.05 bits per heavy atom. The number of methoxy groups -OCH3 is 1. The predicted octanol–water partition coefficient (Wildman–Crippen LogP) is 4.90. The molecule has 344 valence electrons. The molecule has 5 rings (SSSR count). The number of aliphatic hydroxyl groups is 5. The Labute approximate surface area is 371 Å². The van der Waals surface area contributed by atoms with Crippen LogP contribution in [0, 0.1) is 35.0 Å². The van der Waals surface area contributed by atoms with Crippen LogP contribution in [-0.4, -0.2) is 123 Å². The highest BCUT2D eigenvalue weighted by molar-refractivity contribution is 5.74. The molecule has 1 aliphatic heterocycles. The molecule has 1 aromatic rings. The summed E-state index contributed by atoms with van der Waals surface area (Å²) in [6.45, 7) is 10.5. The summed E-state index contributed by atoms with van der Waals surface area (Å²) >= 11 is 0. The number of ether oxygens (including phenoxy) is 2. The molecule has 0 saturated heterocycles. The molecule has 0 amide bonds. The largest absolute Gasteiger partial charge is 0.396 e. The van der Waals surface area contributed by atoms with Crippen molar-refractivity contribution in [1.82, 2.24) is 16.0 Å². The maximum absolute atomic E-state index is 12.9. The van der Waals surface area contributed by atoms with Crippen molar-refractivity contribution >= 4 is 6.29 Å². The highest BCUT2D eigenvalue weighted by atomic mass is 16.5. The summed E-state index contributed by atoms with van der Waals surface area (Å²) in [5.74, 6) is -0.948. The Kier molecular flexibility index (Phi) is 18.7. The van der Waals surface area contributed by atoms with Gasteiger partial charge in [-0.1, -0.05) is 78.4 Å². The van der Waals surface area contributed by atoms with Crippen LogP contribution >= 0.6 is 0 Å². The topological polar surface area (TPSA) is 173 Å². The molecule has 0 aromatic heterocycles. The molecule has 1 aromatic carbocycles. The molecule has 1 spiro atoms. The summed E-state index contributed by atoms with van der Waals surface area (Å²) in [5, 5.41) is 67.4. The normalized spacial score (nSPS) is 33.6. The minimum atomic E-state index is -1.25. The minimum Gasteiger partial charge on any atom is -0.396 e. The molecule has 8 N–H and O–H groups in total. The van der Waals surface area contributed by atoms with E-state index in [-0.39, 0.29) is 61.6 Å². The number of hydrogen-bond acceptors (Lipinski definition) is 11. The molecule has 11 heteroatoms. The lowest BCUT2D eigenvalue weighted by Gasteiger charge is -2.61. The minimum absolute atomic E-state index is 0.0416. The number of carbonyl (C=O) groups is 1. The van der Waals surface area contributed by atoms with Crippen molar-refractivity contribution in [3.63, 3.8) is 0 Å².